The SMILES string of the molecule is CNC(c1csc(C)c1)c1ccc(F)c(F)c1F. The van der Waals surface area contributed by atoms with E-state index >= 15 is 0 Å². The molecule has 0 radical (unpaired) electrons. The molecule has 5 heteroatoms. The van der Waals surface area contributed by atoms with Gasteiger partial charge >= 0.3 is 0 Å². The third-order valence-corrected chi connectivity index (χ3v) is 3.63. The average Bonchev–Trinajstić information content (AvgIpc) is 2.77. The van der Waals surface area contributed by atoms with Crippen LogP contribution in [0.5, 0.6) is 0 Å². The first-order valence-electron chi connectivity index (χ1n) is 5.40. The Morgan fingerprint density at radius 2 is 1.89 bits per heavy atom. The van der Waals surface area contributed by atoms with Gasteiger partial charge in [0, 0.05) is 10.4 Å². The Morgan fingerprint density at radius 1 is 1.17 bits per heavy atom. The molecular weight excluding hydrogens is 259 g/mol. The summed E-state index contributed by atoms with van der Waals surface area (Å²) in [4.78, 5) is 1.08. The lowest BCUT2D eigenvalue weighted by atomic mass is 10.0. The quantitative estimate of drug-likeness (QED) is 0.838. The molecule has 0 aliphatic carbocycles. The molecule has 1 aromatic heterocycles. The van der Waals surface area contributed by atoms with Crippen molar-refractivity contribution in [1.29, 1.82) is 0 Å². The molecule has 1 N–H and O–H groups in total. The predicted molar refractivity (Wildman–Crippen MR) is 66.3 cm³/mol. The smallest absolute Gasteiger partial charge is 0.194 e. The van der Waals surface area contributed by atoms with Crippen molar-refractivity contribution >= 4 is 11.3 Å². The Morgan fingerprint density at radius 3 is 2.44 bits per heavy atom. The highest BCUT2D eigenvalue weighted by Crippen LogP contribution is 2.29. The van der Waals surface area contributed by atoms with E-state index in [1.165, 1.54) is 17.4 Å². The number of thiophene rings is 1. The highest BCUT2D eigenvalue weighted by atomic mass is 32.1. The highest BCUT2D eigenvalue weighted by molar-refractivity contribution is 7.10. The Bertz CT molecular complexity index is 565. The summed E-state index contributed by atoms with van der Waals surface area (Å²) >= 11 is 1.53. The van der Waals surface area contributed by atoms with Crippen molar-refractivity contribution in [3.05, 3.63) is 57.0 Å². The molecule has 2 rings (SSSR count). The summed E-state index contributed by atoms with van der Waals surface area (Å²) in [5.41, 5.74) is 0.944. The zero-order valence-electron chi connectivity index (χ0n) is 9.93. The molecule has 0 aliphatic heterocycles. The van der Waals surface area contributed by atoms with Crippen LogP contribution in [0.25, 0.3) is 0 Å². The molecule has 2 aromatic rings. The van der Waals surface area contributed by atoms with Crippen molar-refractivity contribution < 1.29 is 13.2 Å². The van der Waals surface area contributed by atoms with Crippen LogP contribution in [0.4, 0.5) is 13.2 Å². The predicted octanol–water partition coefficient (Wildman–Crippen LogP) is 3.78. The Hall–Kier alpha value is -1.33. The molecule has 1 nitrogen and oxygen atoms in total. The topological polar surface area (TPSA) is 12.0 Å². The van der Waals surface area contributed by atoms with Crippen molar-refractivity contribution in [2.45, 2.75) is 13.0 Å². The molecule has 1 heterocycles. The minimum Gasteiger partial charge on any atom is -0.309 e. The van der Waals surface area contributed by atoms with E-state index in [0.717, 1.165) is 16.5 Å². The summed E-state index contributed by atoms with van der Waals surface area (Å²) in [5.74, 6) is -3.74. The van der Waals surface area contributed by atoms with Crippen LogP contribution in [-0.4, -0.2) is 7.05 Å². The number of hydrogen-bond donors (Lipinski definition) is 1. The Balaban J connectivity index is 2.49. The number of benzene rings is 1. The van der Waals surface area contributed by atoms with Crippen molar-refractivity contribution in [1.82, 2.24) is 5.32 Å². The second kappa shape index (κ2) is 5.12. The van der Waals surface area contributed by atoms with E-state index in [1.807, 2.05) is 18.4 Å². The van der Waals surface area contributed by atoms with Crippen molar-refractivity contribution in [2.24, 2.45) is 0 Å². The fraction of sp³-hybridized carbons (Fsp3) is 0.231. The maximum atomic E-state index is 13.7. The van der Waals surface area contributed by atoms with Crippen LogP contribution in [0.3, 0.4) is 0 Å². The van der Waals surface area contributed by atoms with Crippen LogP contribution < -0.4 is 5.32 Å². The van der Waals surface area contributed by atoms with E-state index in [1.54, 1.807) is 7.05 Å². The number of halogens is 3. The largest absolute Gasteiger partial charge is 0.309 e. The normalized spacial score (nSPS) is 12.7. The average molecular weight is 271 g/mol. The van der Waals surface area contributed by atoms with Crippen molar-refractivity contribution in [3.63, 3.8) is 0 Å². The van der Waals surface area contributed by atoms with Crippen LogP contribution >= 0.6 is 11.3 Å². The standard InChI is InChI=1S/C13H12F3NS/c1-7-5-8(6-18-7)13(17-2)9-3-4-10(14)12(16)11(9)15/h3-6,13,17H,1-2H3. The number of hydrogen-bond acceptors (Lipinski definition) is 2. The van der Waals surface area contributed by atoms with Gasteiger partial charge in [0.15, 0.2) is 17.5 Å². The zero-order chi connectivity index (χ0) is 13.3. The lowest BCUT2D eigenvalue weighted by Gasteiger charge is -2.16. The monoisotopic (exact) mass is 271 g/mol. The first-order valence-corrected chi connectivity index (χ1v) is 6.28. The lowest BCUT2D eigenvalue weighted by molar-refractivity contribution is 0.435. The van der Waals surface area contributed by atoms with E-state index in [0.29, 0.717) is 0 Å². The van der Waals surface area contributed by atoms with E-state index < -0.39 is 23.5 Å². The van der Waals surface area contributed by atoms with Gasteiger partial charge in [-0.25, -0.2) is 13.2 Å². The van der Waals surface area contributed by atoms with Gasteiger partial charge < -0.3 is 5.32 Å². The highest BCUT2D eigenvalue weighted by Gasteiger charge is 2.21. The fourth-order valence-electron chi connectivity index (χ4n) is 1.88. The molecule has 1 aromatic carbocycles. The van der Waals surface area contributed by atoms with Crippen LogP contribution in [0.1, 0.15) is 22.0 Å². The van der Waals surface area contributed by atoms with Crippen LogP contribution in [0.2, 0.25) is 0 Å². The maximum absolute atomic E-state index is 13.7. The van der Waals surface area contributed by atoms with Crippen LogP contribution in [0, 0.1) is 24.4 Å². The van der Waals surface area contributed by atoms with Gasteiger partial charge in [0.2, 0.25) is 0 Å². The molecule has 0 aliphatic rings. The van der Waals surface area contributed by atoms with Crippen LogP contribution in [0.15, 0.2) is 23.6 Å². The molecule has 0 amide bonds. The van der Waals surface area contributed by atoms with E-state index in [4.69, 9.17) is 0 Å². The van der Waals surface area contributed by atoms with E-state index in [-0.39, 0.29) is 5.56 Å². The number of nitrogens with one attached hydrogen (secondary N) is 1. The summed E-state index contributed by atoms with van der Waals surface area (Å²) in [6, 6.07) is 3.62. The number of aryl methyl sites for hydroxylation is 1. The second-order valence-corrected chi connectivity index (χ2v) is 5.09. The van der Waals surface area contributed by atoms with E-state index in [2.05, 4.69) is 5.32 Å². The van der Waals surface area contributed by atoms with Gasteiger partial charge in [-0.15, -0.1) is 11.3 Å². The molecule has 0 fully saturated rings. The van der Waals surface area contributed by atoms with Gasteiger partial charge in [-0.05, 0) is 37.0 Å². The molecule has 1 atom stereocenters. The summed E-state index contributed by atoms with van der Waals surface area (Å²) in [6.07, 6.45) is 0. The first kappa shape index (κ1) is 13.1. The van der Waals surface area contributed by atoms with Gasteiger partial charge in [0.05, 0.1) is 6.04 Å². The summed E-state index contributed by atoms with van der Waals surface area (Å²) in [7, 11) is 1.65. The lowest BCUT2D eigenvalue weighted by Crippen LogP contribution is -2.19. The fourth-order valence-corrected chi connectivity index (χ4v) is 2.61. The molecular formula is C13H12F3NS. The summed E-state index contributed by atoms with van der Waals surface area (Å²) in [5, 5.41) is 4.79. The van der Waals surface area contributed by atoms with Crippen molar-refractivity contribution in [3.8, 4) is 0 Å². The van der Waals surface area contributed by atoms with Crippen LogP contribution in [-0.2, 0) is 0 Å². The molecule has 0 saturated carbocycles. The van der Waals surface area contributed by atoms with Gasteiger partial charge in [0.25, 0.3) is 0 Å². The summed E-state index contributed by atoms with van der Waals surface area (Å²) in [6.45, 7) is 1.93. The molecule has 0 bridgehead atoms. The molecule has 0 spiro atoms. The minimum absolute atomic E-state index is 0.106. The zero-order valence-corrected chi connectivity index (χ0v) is 10.7. The van der Waals surface area contributed by atoms with E-state index in [9.17, 15) is 13.2 Å². The molecule has 1 unspecified atom stereocenters. The minimum atomic E-state index is -1.43. The maximum Gasteiger partial charge on any atom is 0.194 e. The molecule has 18 heavy (non-hydrogen) atoms. The Labute approximate surface area is 107 Å². The number of rotatable bonds is 3. The van der Waals surface area contributed by atoms with Gasteiger partial charge in [-0.1, -0.05) is 6.07 Å². The first-order chi connectivity index (χ1) is 8.54. The molecule has 0 saturated heterocycles. The summed E-state index contributed by atoms with van der Waals surface area (Å²) < 4.78 is 39.9. The second-order valence-electron chi connectivity index (χ2n) is 3.98. The van der Waals surface area contributed by atoms with Gasteiger partial charge in [-0.3, -0.25) is 0 Å². The third-order valence-electron chi connectivity index (χ3n) is 2.75. The van der Waals surface area contributed by atoms with Gasteiger partial charge in [0.1, 0.15) is 0 Å². The third kappa shape index (κ3) is 2.28. The Kier molecular flexibility index (Phi) is 3.73. The van der Waals surface area contributed by atoms with Gasteiger partial charge in [-0.2, -0.15) is 0 Å². The van der Waals surface area contributed by atoms with Crippen molar-refractivity contribution in [2.75, 3.05) is 7.05 Å². The molecule has 96 valence electrons.